The van der Waals surface area contributed by atoms with Gasteiger partial charge in [-0.2, -0.15) is 0 Å². The zero-order valence-corrected chi connectivity index (χ0v) is 29.4. The fourth-order valence-electron chi connectivity index (χ4n) is 8.53. The summed E-state index contributed by atoms with van der Waals surface area (Å²) < 4.78 is 2.58. The lowest BCUT2D eigenvalue weighted by Gasteiger charge is -2.31. The summed E-state index contributed by atoms with van der Waals surface area (Å²) in [5, 5.41) is 5.08. The maximum absolute atomic E-state index is 2.54. The monoisotopic (exact) mass is 669 g/mol. The largest absolute Gasteiger partial charge is 0.308 e. The van der Waals surface area contributed by atoms with Crippen molar-refractivity contribution in [1.29, 1.82) is 0 Å². The van der Waals surface area contributed by atoms with E-state index >= 15 is 0 Å². The number of hydrogen-bond donors (Lipinski definition) is 0. The highest BCUT2D eigenvalue weighted by Gasteiger charge is 2.37. The summed E-state index contributed by atoms with van der Waals surface area (Å²) in [7, 11) is 0. The molecule has 2 heteroatoms. The summed E-state index contributed by atoms with van der Waals surface area (Å²) in [4.78, 5) is 2.54. The van der Waals surface area contributed by atoms with Gasteiger partial charge in [-0.15, -0.1) is 11.3 Å². The molecule has 0 unspecified atom stereocenters. The van der Waals surface area contributed by atoms with Crippen LogP contribution in [0.3, 0.4) is 0 Å². The minimum absolute atomic E-state index is 0.0831. The molecular formula is C49H35NS. The van der Waals surface area contributed by atoms with Crippen LogP contribution in [0.1, 0.15) is 25.0 Å². The Labute approximate surface area is 302 Å². The molecule has 0 saturated heterocycles. The highest BCUT2D eigenvalue weighted by molar-refractivity contribution is 7.26. The molecule has 51 heavy (non-hydrogen) atoms. The third kappa shape index (κ3) is 4.53. The zero-order chi connectivity index (χ0) is 34.1. The lowest BCUT2D eigenvalue weighted by atomic mass is 9.82. The molecular weight excluding hydrogens is 635 g/mol. The van der Waals surface area contributed by atoms with Crippen molar-refractivity contribution in [3.8, 4) is 33.4 Å². The average Bonchev–Trinajstić information content (AvgIpc) is 3.68. The molecule has 10 rings (SSSR count). The Balaban J connectivity index is 1.30. The Hall–Kier alpha value is -5.96. The van der Waals surface area contributed by atoms with E-state index in [1.54, 1.807) is 0 Å². The second-order valence-corrected chi connectivity index (χ2v) is 15.1. The molecule has 1 aliphatic carbocycles. The number of anilines is 3. The molecule has 0 amide bonds. The SMILES string of the molecule is CC1(C)c2ccccc2-c2c(-c3ccccc3N(c3ccccc3-c3cccc4ccccc34)c3cccc4c3sc3ccccc34)cccc21. The van der Waals surface area contributed by atoms with Gasteiger partial charge in [-0.1, -0.05) is 166 Å². The molecule has 1 heterocycles. The van der Waals surface area contributed by atoms with Gasteiger partial charge in [0.2, 0.25) is 0 Å². The molecule has 0 saturated carbocycles. The summed E-state index contributed by atoms with van der Waals surface area (Å²) in [6.45, 7) is 4.73. The summed E-state index contributed by atoms with van der Waals surface area (Å²) >= 11 is 1.88. The second kappa shape index (κ2) is 11.6. The average molecular weight is 670 g/mol. The Morgan fingerprint density at radius 2 is 0.902 bits per heavy atom. The van der Waals surface area contributed by atoms with E-state index in [1.807, 2.05) is 11.3 Å². The zero-order valence-electron chi connectivity index (χ0n) is 28.6. The van der Waals surface area contributed by atoms with Gasteiger partial charge in [0.25, 0.3) is 0 Å². The number of fused-ring (bicyclic) bond motifs is 7. The van der Waals surface area contributed by atoms with Crippen LogP contribution >= 0.6 is 11.3 Å². The Bertz CT molecular complexity index is 2800. The van der Waals surface area contributed by atoms with E-state index in [0.717, 1.165) is 11.4 Å². The maximum Gasteiger partial charge on any atom is 0.0640 e. The predicted octanol–water partition coefficient (Wildman–Crippen LogP) is 14.3. The quantitative estimate of drug-likeness (QED) is 0.176. The Morgan fingerprint density at radius 1 is 0.392 bits per heavy atom. The van der Waals surface area contributed by atoms with Gasteiger partial charge >= 0.3 is 0 Å². The molecule has 1 aromatic heterocycles. The number of nitrogens with zero attached hydrogens (tertiary/aromatic N) is 1. The standard InChI is InChI=1S/C49H35NS/c1-49(2)41-26-9-5-22-40(41)47-38(24-14-27-42(47)49)36-20-7-11-29-44(36)50(45-30-15-25-39-37-21-8-12-31-46(37)51-48(39)45)43-28-10-6-19-35(43)34-23-13-17-32-16-3-4-18-33(32)34/h3-31H,1-2H3. The van der Waals surface area contributed by atoms with Crippen LogP contribution in [0.5, 0.6) is 0 Å². The van der Waals surface area contributed by atoms with Crippen LogP contribution in [0, 0.1) is 0 Å². The molecule has 0 bridgehead atoms. The van der Waals surface area contributed by atoms with Crippen LogP contribution in [-0.2, 0) is 5.41 Å². The summed E-state index contributed by atoms with van der Waals surface area (Å²) in [5.74, 6) is 0. The van der Waals surface area contributed by atoms with Gasteiger partial charge in [0.05, 0.1) is 21.8 Å². The number of hydrogen-bond acceptors (Lipinski definition) is 2. The Kier molecular flexibility index (Phi) is 6.78. The van der Waals surface area contributed by atoms with E-state index in [2.05, 4.69) is 195 Å². The van der Waals surface area contributed by atoms with Gasteiger partial charge in [0.1, 0.15) is 0 Å². The van der Waals surface area contributed by atoms with Crippen LogP contribution in [0.4, 0.5) is 17.1 Å². The number of thiophene rings is 1. The van der Waals surface area contributed by atoms with Gasteiger partial charge in [-0.3, -0.25) is 0 Å². The third-order valence-electron chi connectivity index (χ3n) is 10.9. The summed E-state index contributed by atoms with van der Waals surface area (Å²) in [6.07, 6.45) is 0. The molecule has 0 atom stereocenters. The van der Waals surface area contributed by atoms with E-state index < -0.39 is 0 Å². The number of para-hydroxylation sites is 2. The van der Waals surface area contributed by atoms with Crippen LogP contribution in [0.15, 0.2) is 176 Å². The van der Waals surface area contributed by atoms with E-state index in [0.29, 0.717) is 0 Å². The van der Waals surface area contributed by atoms with E-state index in [-0.39, 0.29) is 5.41 Å². The normalized spacial score (nSPS) is 13.1. The van der Waals surface area contributed by atoms with Crippen molar-refractivity contribution in [3.63, 3.8) is 0 Å². The molecule has 242 valence electrons. The molecule has 0 N–H and O–H groups in total. The smallest absolute Gasteiger partial charge is 0.0640 e. The third-order valence-corrected chi connectivity index (χ3v) is 12.1. The van der Waals surface area contributed by atoms with Crippen LogP contribution in [0.25, 0.3) is 64.3 Å². The topological polar surface area (TPSA) is 3.24 Å². The van der Waals surface area contributed by atoms with E-state index in [9.17, 15) is 0 Å². The highest BCUT2D eigenvalue weighted by Crippen LogP contribution is 2.55. The first-order chi connectivity index (χ1) is 25.1. The van der Waals surface area contributed by atoms with Crippen molar-refractivity contribution in [2.24, 2.45) is 0 Å². The van der Waals surface area contributed by atoms with Gasteiger partial charge < -0.3 is 4.90 Å². The fourth-order valence-corrected chi connectivity index (χ4v) is 9.74. The van der Waals surface area contributed by atoms with E-state index in [1.165, 1.54) is 81.1 Å². The first-order valence-corrected chi connectivity index (χ1v) is 18.5. The fraction of sp³-hybridized carbons (Fsp3) is 0.0612. The van der Waals surface area contributed by atoms with E-state index in [4.69, 9.17) is 0 Å². The number of rotatable bonds is 5. The maximum atomic E-state index is 2.54. The van der Waals surface area contributed by atoms with Gasteiger partial charge in [-0.25, -0.2) is 0 Å². The van der Waals surface area contributed by atoms with Crippen molar-refractivity contribution >= 4 is 59.3 Å². The first-order valence-electron chi connectivity index (χ1n) is 17.7. The van der Waals surface area contributed by atoms with Crippen molar-refractivity contribution in [2.45, 2.75) is 19.3 Å². The van der Waals surface area contributed by atoms with Gasteiger partial charge in [-0.05, 0) is 68.4 Å². The lowest BCUT2D eigenvalue weighted by molar-refractivity contribution is 0.660. The molecule has 1 aliphatic rings. The highest BCUT2D eigenvalue weighted by atomic mass is 32.1. The minimum atomic E-state index is -0.0831. The van der Waals surface area contributed by atoms with Crippen molar-refractivity contribution in [1.82, 2.24) is 0 Å². The van der Waals surface area contributed by atoms with Crippen molar-refractivity contribution < 1.29 is 0 Å². The Morgan fingerprint density at radius 3 is 1.73 bits per heavy atom. The van der Waals surface area contributed by atoms with Crippen LogP contribution in [-0.4, -0.2) is 0 Å². The molecule has 1 nitrogen and oxygen atoms in total. The second-order valence-electron chi connectivity index (χ2n) is 14.0. The predicted molar refractivity (Wildman–Crippen MR) is 220 cm³/mol. The van der Waals surface area contributed by atoms with Crippen molar-refractivity contribution in [2.75, 3.05) is 4.90 Å². The molecule has 8 aromatic carbocycles. The summed E-state index contributed by atoms with van der Waals surface area (Å²) in [5.41, 5.74) is 13.8. The molecule has 0 spiro atoms. The van der Waals surface area contributed by atoms with Crippen molar-refractivity contribution in [3.05, 3.63) is 187 Å². The van der Waals surface area contributed by atoms with Gasteiger partial charge in [0.15, 0.2) is 0 Å². The molecule has 0 radical (unpaired) electrons. The number of benzene rings is 8. The molecule has 0 aliphatic heterocycles. The molecule has 0 fully saturated rings. The van der Waals surface area contributed by atoms with Crippen LogP contribution < -0.4 is 4.90 Å². The minimum Gasteiger partial charge on any atom is -0.308 e. The molecule has 9 aromatic rings. The van der Waals surface area contributed by atoms with Gasteiger partial charge in [0, 0.05) is 32.0 Å². The lowest BCUT2D eigenvalue weighted by Crippen LogP contribution is -2.15. The summed E-state index contributed by atoms with van der Waals surface area (Å²) in [6, 6.07) is 64.9. The van der Waals surface area contributed by atoms with Crippen LogP contribution in [0.2, 0.25) is 0 Å². The first kappa shape index (κ1) is 29.9.